The molecule has 0 unspecified atom stereocenters. The van der Waals surface area contributed by atoms with E-state index in [4.69, 9.17) is 9.73 Å². The smallest absolute Gasteiger partial charge is 0.194 e. The Kier molecular flexibility index (Phi) is 9.45. The van der Waals surface area contributed by atoms with E-state index >= 15 is 0 Å². The van der Waals surface area contributed by atoms with Crippen LogP contribution in [-0.4, -0.2) is 72.1 Å². The van der Waals surface area contributed by atoms with Gasteiger partial charge in [-0.2, -0.15) is 0 Å². The lowest BCUT2D eigenvalue weighted by Gasteiger charge is -2.37. The number of aliphatic imine (C=N–C) groups is 1. The van der Waals surface area contributed by atoms with Crippen molar-refractivity contribution in [2.45, 2.75) is 19.9 Å². The first-order chi connectivity index (χ1) is 13.2. The molecule has 3 rings (SSSR count). The Labute approximate surface area is 188 Å². The average molecular weight is 519 g/mol. The maximum absolute atomic E-state index is 5.15. The molecular weight excluding hydrogens is 489 g/mol. The fourth-order valence-electron chi connectivity index (χ4n) is 3.01. The molecule has 2 aromatic heterocycles. The highest BCUT2D eigenvalue weighted by Gasteiger charge is 2.20. The highest BCUT2D eigenvalue weighted by molar-refractivity contribution is 14.0. The summed E-state index contributed by atoms with van der Waals surface area (Å²) in [5.74, 6) is 2.72. The fourth-order valence-corrected chi connectivity index (χ4v) is 3.79. The highest BCUT2D eigenvalue weighted by atomic mass is 127. The van der Waals surface area contributed by atoms with Gasteiger partial charge in [-0.3, -0.25) is 0 Å². The number of piperazine rings is 1. The van der Waals surface area contributed by atoms with Crippen LogP contribution in [0.4, 0.5) is 5.00 Å². The van der Waals surface area contributed by atoms with Crippen LogP contribution in [0, 0.1) is 6.92 Å². The standard InChI is InChI=1S/C18H29N7OS.HI/c1-15-21-22-16(23(15)2)14-20-18(19-7-5-12-26-3)25-10-8-24(9-11-25)17-6-4-13-27-17;/h4,6,13H,5,7-12,14H2,1-3H3,(H,19,20);1H. The molecule has 1 saturated heterocycles. The van der Waals surface area contributed by atoms with Crippen LogP contribution in [-0.2, 0) is 18.3 Å². The van der Waals surface area contributed by atoms with E-state index in [9.17, 15) is 0 Å². The van der Waals surface area contributed by atoms with Crippen molar-refractivity contribution >= 4 is 46.3 Å². The van der Waals surface area contributed by atoms with Gasteiger partial charge in [0.25, 0.3) is 0 Å². The summed E-state index contributed by atoms with van der Waals surface area (Å²) in [6.45, 7) is 7.97. The maximum atomic E-state index is 5.15. The lowest BCUT2D eigenvalue weighted by molar-refractivity contribution is 0.195. The quantitative estimate of drug-likeness (QED) is 0.262. The molecule has 0 amide bonds. The van der Waals surface area contributed by atoms with E-state index in [0.717, 1.165) is 63.4 Å². The molecule has 1 fully saturated rings. The van der Waals surface area contributed by atoms with E-state index in [1.54, 1.807) is 18.4 Å². The molecule has 2 aromatic rings. The number of nitrogens with one attached hydrogen (secondary N) is 1. The number of guanidine groups is 1. The molecule has 3 heterocycles. The van der Waals surface area contributed by atoms with Crippen LogP contribution in [0.15, 0.2) is 22.5 Å². The number of hydrogen-bond donors (Lipinski definition) is 1. The van der Waals surface area contributed by atoms with Crippen molar-refractivity contribution in [2.24, 2.45) is 12.0 Å². The van der Waals surface area contributed by atoms with Crippen LogP contribution in [0.3, 0.4) is 0 Å². The van der Waals surface area contributed by atoms with Gasteiger partial charge in [0, 0.05) is 53.5 Å². The lowest BCUT2D eigenvalue weighted by atomic mass is 10.3. The molecule has 0 spiro atoms. The van der Waals surface area contributed by atoms with Crippen LogP contribution in [0.2, 0.25) is 0 Å². The summed E-state index contributed by atoms with van der Waals surface area (Å²) in [4.78, 5) is 9.60. The maximum Gasteiger partial charge on any atom is 0.194 e. The Hall–Kier alpha value is -1.40. The third-order valence-corrected chi connectivity index (χ3v) is 5.69. The van der Waals surface area contributed by atoms with E-state index in [0.29, 0.717) is 6.54 Å². The van der Waals surface area contributed by atoms with Crippen molar-refractivity contribution in [2.75, 3.05) is 51.3 Å². The Morgan fingerprint density at radius 2 is 2.07 bits per heavy atom. The zero-order chi connectivity index (χ0) is 19.1. The summed E-state index contributed by atoms with van der Waals surface area (Å²) in [7, 11) is 3.71. The first-order valence-corrected chi connectivity index (χ1v) is 10.2. The molecule has 0 aliphatic carbocycles. The van der Waals surface area contributed by atoms with Gasteiger partial charge in [-0.15, -0.1) is 45.5 Å². The SMILES string of the molecule is COCCCNC(=NCc1nnc(C)n1C)N1CCN(c2cccs2)CC1.I. The van der Waals surface area contributed by atoms with E-state index in [-0.39, 0.29) is 24.0 Å². The summed E-state index contributed by atoms with van der Waals surface area (Å²) in [5.41, 5.74) is 0. The Bertz CT molecular complexity index is 726. The number of methoxy groups -OCH3 is 1. The number of rotatable bonds is 7. The van der Waals surface area contributed by atoms with Crippen molar-refractivity contribution in [1.29, 1.82) is 0 Å². The minimum absolute atomic E-state index is 0. The molecule has 0 bridgehead atoms. The molecule has 1 N–H and O–H groups in total. The first kappa shape index (κ1) is 22.9. The molecule has 0 radical (unpaired) electrons. The van der Waals surface area contributed by atoms with E-state index in [1.165, 1.54) is 5.00 Å². The topological polar surface area (TPSA) is 70.8 Å². The third-order valence-electron chi connectivity index (χ3n) is 4.76. The van der Waals surface area contributed by atoms with Crippen molar-refractivity contribution < 1.29 is 4.74 Å². The van der Waals surface area contributed by atoms with E-state index in [1.807, 2.05) is 18.5 Å². The fraction of sp³-hybridized carbons (Fsp3) is 0.611. The second-order valence-corrected chi connectivity index (χ2v) is 7.49. The number of ether oxygens (including phenoxy) is 1. The van der Waals surface area contributed by atoms with Crippen LogP contribution >= 0.6 is 35.3 Å². The van der Waals surface area contributed by atoms with Gasteiger partial charge >= 0.3 is 0 Å². The summed E-state index contributed by atoms with van der Waals surface area (Å²) < 4.78 is 7.14. The number of thiophene rings is 1. The second kappa shape index (κ2) is 11.6. The zero-order valence-corrected chi connectivity index (χ0v) is 19.9. The molecular formula is C18H30IN7OS. The lowest BCUT2D eigenvalue weighted by Crippen LogP contribution is -2.52. The normalized spacial score (nSPS) is 14.9. The minimum Gasteiger partial charge on any atom is -0.385 e. The monoisotopic (exact) mass is 519 g/mol. The van der Waals surface area contributed by atoms with Crippen LogP contribution < -0.4 is 10.2 Å². The van der Waals surface area contributed by atoms with Crippen molar-refractivity contribution in [3.63, 3.8) is 0 Å². The van der Waals surface area contributed by atoms with Gasteiger partial charge in [0.2, 0.25) is 0 Å². The molecule has 0 atom stereocenters. The van der Waals surface area contributed by atoms with Gasteiger partial charge in [0.15, 0.2) is 11.8 Å². The second-order valence-electron chi connectivity index (χ2n) is 6.56. The van der Waals surface area contributed by atoms with E-state index < -0.39 is 0 Å². The van der Waals surface area contributed by atoms with Crippen molar-refractivity contribution in [1.82, 2.24) is 25.0 Å². The first-order valence-electron chi connectivity index (χ1n) is 9.34. The number of aromatic nitrogens is 3. The minimum atomic E-state index is 0. The molecule has 10 heteroatoms. The predicted octanol–water partition coefficient (Wildman–Crippen LogP) is 2.11. The van der Waals surface area contributed by atoms with Gasteiger partial charge < -0.3 is 24.4 Å². The van der Waals surface area contributed by atoms with E-state index in [2.05, 4.69) is 42.8 Å². The van der Waals surface area contributed by atoms with Gasteiger partial charge in [0.1, 0.15) is 12.4 Å². The summed E-state index contributed by atoms with van der Waals surface area (Å²) >= 11 is 1.80. The summed E-state index contributed by atoms with van der Waals surface area (Å²) in [5, 5.41) is 15.3. The van der Waals surface area contributed by atoms with Crippen molar-refractivity contribution in [3.05, 3.63) is 29.2 Å². The number of anilines is 1. The number of aryl methyl sites for hydroxylation is 1. The predicted molar refractivity (Wildman–Crippen MR) is 125 cm³/mol. The van der Waals surface area contributed by atoms with Gasteiger partial charge in [0.05, 0.1) is 5.00 Å². The Morgan fingerprint density at radius 3 is 2.68 bits per heavy atom. The third kappa shape index (κ3) is 6.05. The summed E-state index contributed by atoms with van der Waals surface area (Å²) in [6, 6.07) is 4.30. The number of nitrogens with zero attached hydrogens (tertiary/aromatic N) is 6. The molecule has 156 valence electrons. The number of halogens is 1. The zero-order valence-electron chi connectivity index (χ0n) is 16.8. The van der Waals surface area contributed by atoms with Crippen molar-refractivity contribution in [3.8, 4) is 0 Å². The van der Waals surface area contributed by atoms with Crippen LogP contribution in [0.25, 0.3) is 0 Å². The molecule has 28 heavy (non-hydrogen) atoms. The van der Waals surface area contributed by atoms with Crippen LogP contribution in [0.5, 0.6) is 0 Å². The largest absolute Gasteiger partial charge is 0.385 e. The number of hydrogen-bond acceptors (Lipinski definition) is 6. The molecule has 1 aliphatic heterocycles. The Balaban J connectivity index is 0.00000280. The molecule has 0 aromatic carbocycles. The van der Waals surface area contributed by atoms with Gasteiger partial charge in [-0.25, -0.2) is 4.99 Å². The Morgan fingerprint density at radius 1 is 1.29 bits per heavy atom. The molecule has 8 nitrogen and oxygen atoms in total. The molecule has 1 aliphatic rings. The summed E-state index contributed by atoms with van der Waals surface area (Å²) in [6.07, 6.45) is 0.952. The van der Waals surface area contributed by atoms with Crippen LogP contribution in [0.1, 0.15) is 18.1 Å². The highest BCUT2D eigenvalue weighted by Crippen LogP contribution is 2.22. The molecule has 0 saturated carbocycles. The average Bonchev–Trinajstić information content (AvgIpc) is 3.33. The van der Waals surface area contributed by atoms with Gasteiger partial charge in [-0.1, -0.05) is 0 Å². The van der Waals surface area contributed by atoms with Gasteiger partial charge in [-0.05, 0) is 30.9 Å².